The van der Waals surface area contributed by atoms with Crippen molar-refractivity contribution in [1.82, 2.24) is 19.5 Å². The SMILES string of the molecule is CCc1nc2sc([C@@H](c3ccccc3Cl)N3CCOCC3)c(O)n2n1. The summed E-state index contributed by atoms with van der Waals surface area (Å²) in [4.78, 5) is 8.29. The summed E-state index contributed by atoms with van der Waals surface area (Å²) < 4.78 is 7.02. The average Bonchev–Trinajstić information content (AvgIpc) is 3.18. The number of halogens is 1. The lowest BCUT2D eigenvalue weighted by atomic mass is 10.0. The summed E-state index contributed by atoms with van der Waals surface area (Å²) in [5, 5.41) is 15.9. The van der Waals surface area contributed by atoms with E-state index in [1.54, 1.807) is 0 Å². The molecule has 4 rings (SSSR count). The number of rotatable bonds is 4. The molecule has 1 aliphatic rings. The molecule has 25 heavy (non-hydrogen) atoms. The normalized spacial score (nSPS) is 17.2. The van der Waals surface area contributed by atoms with Crippen molar-refractivity contribution in [2.75, 3.05) is 26.3 Å². The molecule has 0 bridgehead atoms. The van der Waals surface area contributed by atoms with Gasteiger partial charge in [0.15, 0.2) is 5.82 Å². The Hall–Kier alpha value is -1.67. The molecule has 0 amide bonds. The number of aromatic nitrogens is 3. The van der Waals surface area contributed by atoms with Gasteiger partial charge in [0.2, 0.25) is 10.8 Å². The van der Waals surface area contributed by atoms with Gasteiger partial charge in [-0.25, -0.2) is 4.98 Å². The maximum atomic E-state index is 10.8. The van der Waals surface area contributed by atoms with Crippen LogP contribution in [-0.2, 0) is 11.2 Å². The van der Waals surface area contributed by atoms with Crippen LogP contribution in [0, 0.1) is 0 Å². The topological polar surface area (TPSA) is 62.9 Å². The van der Waals surface area contributed by atoms with Gasteiger partial charge in [0.1, 0.15) is 0 Å². The second-order valence-corrected chi connectivity index (χ2v) is 7.35. The van der Waals surface area contributed by atoms with Crippen LogP contribution in [0.1, 0.15) is 29.2 Å². The maximum Gasteiger partial charge on any atom is 0.230 e. The van der Waals surface area contributed by atoms with Crippen molar-refractivity contribution >= 4 is 27.9 Å². The van der Waals surface area contributed by atoms with Crippen LogP contribution >= 0.6 is 22.9 Å². The summed E-state index contributed by atoms with van der Waals surface area (Å²) in [6.45, 7) is 4.90. The van der Waals surface area contributed by atoms with E-state index < -0.39 is 0 Å². The van der Waals surface area contributed by atoms with E-state index >= 15 is 0 Å². The van der Waals surface area contributed by atoms with Gasteiger partial charge in [-0.15, -0.1) is 5.10 Å². The van der Waals surface area contributed by atoms with Crippen LogP contribution in [0.25, 0.3) is 4.96 Å². The summed E-state index contributed by atoms with van der Waals surface area (Å²) in [7, 11) is 0. The van der Waals surface area contributed by atoms with Crippen LogP contribution in [0.15, 0.2) is 24.3 Å². The number of hydrogen-bond donors (Lipinski definition) is 1. The number of benzene rings is 1. The van der Waals surface area contributed by atoms with E-state index in [4.69, 9.17) is 16.3 Å². The molecule has 132 valence electrons. The molecule has 1 aromatic carbocycles. The third-order valence-electron chi connectivity index (χ3n) is 4.42. The third kappa shape index (κ3) is 3.01. The lowest BCUT2D eigenvalue weighted by molar-refractivity contribution is 0.0241. The van der Waals surface area contributed by atoms with Crippen molar-refractivity contribution in [1.29, 1.82) is 0 Å². The van der Waals surface area contributed by atoms with E-state index in [1.165, 1.54) is 15.9 Å². The number of aryl methyl sites for hydroxylation is 1. The zero-order valence-corrected chi connectivity index (χ0v) is 15.4. The number of ether oxygens (including phenoxy) is 1. The fourth-order valence-electron chi connectivity index (χ4n) is 3.15. The van der Waals surface area contributed by atoms with Crippen LogP contribution in [0.4, 0.5) is 0 Å². The highest BCUT2D eigenvalue weighted by atomic mass is 35.5. The molecule has 0 aliphatic carbocycles. The highest BCUT2D eigenvalue weighted by Gasteiger charge is 2.31. The molecule has 1 fully saturated rings. The van der Waals surface area contributed by atoms with Gasteiger partial charge in [-0.3, -0.25) is 4.90 Å². The smallest absolute Gasteiger partial charge is 0.230 e. The molecule has 1 saturated heterocycles. The van der Waals surface area contributed by atoms with Gasteiger partial charge in [0.05, 0.1) is 24.1 Å². The van der Waals surface area contributed by atoms with E-state index in [0.29, 0.717) is 23.2 Å². The number of fused-ring (bicyclic) bond motifs is 1. The molecule has 1 N–H and O–H groups in total. The highest BCUT2D eigenvalue weighted by molar-refractivity contribution is 7.17. The van der Waals surface area contributed by atoms with Gasteiger partial charge >= 0.3 is 0 Å². The number of morpholine rings is 1. The van der Waals surface area contributed by atoms with Crippen molar-refractivity contribution in [2.45, 2.75) is 19.4 Å². The predicted octanol–water partition coefficient (Wildman–Crippen LogP) is 3.13. The zero-order chi connectivity index (χ0) is 17.4. The van der Waals surface area contributed by atoms with Crippen LogP contribution in [0.5, 0.6) is 5.88 Å². The average molecular weight is 379 g/mol. The standard InChI is InChI=1S/C17H19ClN4O2S/c1-2-13-19-17-22(20-13)16(23)15(25-17)14(21-7-9-24-10-8-21)11-5-3-4-6-12(11)18/h3-6,14,23H,2,7-10H2,1H3/t14-/m1/s1. The first kappa shape index (κ1) is 16.8. The Labute approximate surface area is 154 Å². The van der Waals surface area contributed by atoms with E-state index in [0.717, 1.165) is 35.8 Å². The van der Waals surface area contributed by atoms with E-state index in [2.05, 4.69) is 15.0 Å². The second kappa shape index (κ2) is 6.92. The zero-order valence-electron chi connectivity index (χ0n) is 13.9. The molecule has 1 aliphatic heterocycles. The van der Waals surface area contributed by atoms with Crippen LogP contribution in [-0.4, -0.2) is 50.9 Å². The van der Waals surface area contributed by atoms with Crippen LogP contribution in [0.3, 0.4) is 0 Å². The molecule has 0 unspecified atom stereocenters. The number of thiazole rings is 1. The molecule has 1 atom stereocenters. The summed E-state index contributed by atoms with van der Waals surface area (Å²) in [6.07, 6.45) is 0.737. The van der Waals surface area contributed by atoms with E-state index in [1.807, 2.05) is 31.2 Å². The van der Waals surface area contributed by atoms with Gasteiger partial charge in [-0.05, 0) is 11.6 Å². The first-order chi connectivity index (χ1) is 12.2. The Morgan fingerprint density at radius 1 is 1.32 bits per heavy atom. The lowest BCUT2D eigenvalue weighted by Gasteiger charge is -2.34. The molecule has 6 nitrogen and oxygen atoms in total. The number of hydrogen-bond acceptors (Lipinski definition) is 6. The predicted molar refractivity (Wildman–Crippen MR) is 97.6 cm³/mol. The van der Waals surface area contributed by atoms with Gasteiger partial charge in [0.25, 0.3) is 0 Å². The number of nitrogens with zero attached hydrogens (tertiary/aromatic N) is 4. The molecule has 8 heteroatoms. The number of aromatic hydroxyl groups is 1. The van der Waals surface area contributed by atoms with Crippen molar-refractivity contribution < 1.29 is 9.84 Å². The van der Waals surface area contributed by atoms with E-state index in [-0.39, 0.29) is 11.9 Å². The Balaban J connectivity index is 1.84. The molecule has 0 spiro atoms. The van der Waals surface area contributed by atoms with Gasteiger partial charge in [-0.1, -0.05) is 48.1 Å². The first-order valence-corrected chi connectivity index (χ1v) is 9.52. The molecule has 0 radical (unpaired) electrons. The summed E-state index contributed by atoms with van der Waals surface area (Å²) in [5.41, 5.74) is 0.974. The monoisotopic (exact) mass is 378 g/mol. The van der Waals surface area contributed by atoms with Crippen molar-refractivity contribution in [3.8, 4) is 5.88 Å². The fraction of sp³-hybridized carbons (Fsp3) is 0.412. The molecule has 0 saturated carbocycles. The molecule has 2 aromatic heterocycles. The molecular formula is C17H19ClN4O2S. The minimum atomic E-state index is -0.142. The molecule has 3 aromatic rings. The minimum Gasteiger partial charge on any atom is -0.492 e. The summed E-state index contributed by atoms with van der Waals surface area (Å²) in [6, 6.07) is 7.63. The Bertz CT molecular complexity index is 888. The quantitative estimate of drug-likeness (QED) is 0.755. The van der Waals surface area contributed by atoms with Crippen molar-refractivity contribution in [3.63, 3.8) is 0 Å². The first-order valence-electron chi connectivity index (χ1n) is 8.32. The van der Waals surface area contributed by atoms with Gasteiger partial charge in [0, 0.05) is 24.5 Å². The summed E-state index contributed by atoms with van der Waals surface area (Å²) >= 11 is 7.95. The van der Waals surface area contributed by atoms with E-state index in [9.17, 15) is 5.11 Å². The summed E-state index contributed by atoms with van der Waals surface area (Å²) in [5.74, 6) is 0.873. The Morgan fingerprint density at radius 3 is 2.76 bits per heavy atom. The maximum absolute atomic E-state index is 10.8. The largest absolute Gasteiger partial charge is 0.492 e. The van der Waals surface area contributed by atoms with Crippen molar-refractivity contribution in [2.24, 2.45) is 0 Å². The van der Waals surface area contributed by atoms with Crippen LogP contribution in [0.2, 0.25) is 5.02 Å². The second-order valence-electron chi connectivity index (χ2n) is 5.94. The third-order valence-corrected chi connectivity index (χ3v) is 5.84. The fourth-order valence-corrected chi connectivity index (χ4v) is 4.52. The van der Waals surface area contributed by atoms with Gasteiger partial charge in [-0.2, -0.15) is 4.52 Å². The Kier molecular flexibility index (Phi) is 4.64. The minimum absolute atomic E-state index is 0.142. The van der Waals surface area contributed by atoms with Crippen molar-refractivity contribution in [3.05, 3.63) is 45.6 Å². The lowest BCUT2D eigenvalue weighted by Crippen LogP contribution is -2.39. The molecule has 3 heterocycles. The van der Waals surface area contributed by atoms with Crippen LogP contribution < -0.4 is 0 Å². The Morgan fingerprint density at radius 2 is 2.08 bits per heavy atom. The van der Waals surface area contributed by atoms with Gasteiger partial charge < -0.3 is 9.84 Å². The molecular weight excluding hydrogens is 360 g/mol. The highest BCUT2D eigenvalue weighted by Crippen LogP contribution is 2.42.